The molecule has 0 heterocycles. The average molecular weight is 324 g/mol. The monoisotopic (exact) mass is 323 g/mol. The third-order valence-corrected chi connectivity index (χ3v) is 4.29. The number of rotatable bonds is 10. The minimum absolute atomic E-state index is 0.489. The highest BCUT2D eigenvalue weighted by molar-refractivity contribution is 8.00. The summed E-state index contributed by atoms with van der Waals surface area (Å²) in [5.41, 5.74) is 0. The van der Waals surface area contributed by atoms with Gasteiger partial charge in [0.15, 0.2) is 5.96 Å². The molecule has 1 rings (SSSR count). The van der Waals surface area contributed by atoms with Crippen LogP contribution in [0.4, 0.5) is 0 Å². The van der Waals surface area contributed by atoms with Crippen LogP contribution in [0.1, 0.15) is 26.2 Å². The zero-order chi connectivity index (χ0) is 16.0. The second-order valence-corrected chi connectivity index (χ2v) is 6.69. The van der Waals surface area contributed by atoms with Gasteiger partial charge in [0.05, 0.1) is 0 Å². The highest BCUT2D eigenvalue weighted by Crippen LogP contribution is 2.21. The number of guanidine groups is 1. The largest absolute Gasteiger partial charge is 0.385 e. The van der Waals surface area contributed by atoms with E-state index in [0.29, 0.717) is 5.25 Å². The molecule has 0 aliphatic carbocycles. The number of benzene rings is 1. The summed E-state index contributed by atoms with van der Waals surface area (Å²) in [5, 5.41) is 7.23. The minimum atomic E-state index is 0.489. The van der Waals surface area contributed by atoms with Gasteiger partial charge in [-0.1, -0.05) is 25.1 Å². The number of methoxy groups -OCH3 is 1. The standard InChI is InChI=1S/C17H29N3OS/c1-15(22-16-10-6-4-7-11-16)14-20-17(18-2)19-12-8-5-9-13-21-3/h4,6-7,10-11,15H,5,8-9,12-14H2,1-3H3,(H2,18,19,20). The van der Waals surface area contributed by atoms with Crippen LogP contribution in [0.15, 0.2) is 40.2 Å². The van der Waals surface area contributed by atoms with Crippen molar-refractivity contribution in [1.29, 1.82) is 0 Å². The molecule has 0 saturated carbocycles. The predicted octanol–water partition coefficient (Wildman–Crippen LogP) is 3.15. The van der Waals surface area contributed by atoms with Gasteiger partial charge in [0.1, 0.15) is 0 Å². The number of hydrogen-bond donors (Lipinski definition) is 2. The molecular formula is C17H29N3OS. The van der Waals surface area contributed by atoms with Gasteiger partial charge >= 0.3 is 0 Å². The molecule has 4 nitrogen and oxygen atoms in total. The number of hydrogen-bond acceptors (Lipinski definition) is 3. The Balaban J connectivity index is 2.15. The summed E-state index contributed by atoms with van der Waals surface area (Å²) in [5.74, 6) is 0.882. The van der Waals surface area contributed by atoms with Gasteiger partial charge in [-0.05, 0) is 31.4 Å². The van der Waals surface area contributed by atoms with Crippen molar-refractivity contribution in [3.05, 3.63) is 30.3 Å². The van der Waals surface area contributed by atoms with E-state index in [1.54, 1.807) is 7.11 Å². The number of nitrogens with one attached hydrogen (secondary N) is 2. The number of nitrogens with zero attached hydrogens (tertiary/aromatic N) is 1. The number of unbranched alkanes of at least 4 members (excludes halogenated alkanes) is 2. The summed E-state index contributed by atoms with van der Waals surface area (Å²) in [6.45, 7) is 4.91. The van der Waals surface area contributed by atoms with Crippen LogP contribution >= 0.6 is 11.8 Å². The molecule has 1 aromatic rings. The molecule has 1 unspecified atom stereocenters. The molecule has 0 bridgehead atoms. The molecule has 0 fully saturated rings. The molecule has 0 aliphatic rings. The second-order valence-electron chi connectivity index (χ2n) is 5.17. The topological polar surface area (TPSA) is 45.7 Å². The highest BCUT2D eigenvalue weighted by Gasteiger charge is 2.05. The third-order valence-electron chi connectivity index (χ3n) is 3.18. The molecule has 22 heavy (non-hydrogen) atoms. The summed E-state index contributed by atoms with van der Waals surface area (Å²) in [6, 6.07) is 10.5. The van der Waals surface area contributed by atoms with Crippen molar-refractivity contribution in [3.8, 4) is 0 Å². The van der Waals surface area contributed by atoms with Gasteiger partial charge in [0.2, 0.25) is 0 Å². The summed E-state index contributed by atoms with van der Waals surface area (Å²) >= 11 is 1.87. The zero-order valence-electron chi connectivity index (χ0n) is 14.0. The van der Waals surface area contributed by atoms with Crippen LogP contribution in [0.25, 0.3) is 0 Å². The number of aliphatic imine (C=N–C) groups is 1. The van der Waals surface area contributed by atoms with E-state index < -0.39 is 0 Å². The van der Waals surface area contributed by atoms with Crippen LogP contribution < -0.4 is 10.6 Å². The zero-order valence-corrected chi connectivity index (χ0v) is 14.8. The van der Waals surface area contributed by atoms with Crippen LogP contribution in [-0.2, 0) is 4.74 Å². The lowest BCUT2D eigenvalue weighted by atomic mass is 10.2. The Hall–Kier alpha value is -1.20. The first-order valence-electron chi connectivity index (χ1n) is 7.91. The molecular weight excluding hydrogens is 294 g/mol. The fourth-order valence-corrected chi connectivity index (χ4v) is 2.93. The van der Waals surface area contributed by atoms with E-state index >= 15 is 0 Å². The first kappa shape index (κ1) is 18.8. The van der Waals surface area contributed by atoms with Gasteiger partial charge in [-0.15, -0.1) is 11.8 Å². The summed E-state index contributed by atoms with van der Waals surface area (Å²) < 4.78 is 5.05. The molecule has 1 aromatic carbocycles. The maximum absolute atomic E-state index is 5.05. The first-order chi connectivity index (χ1) is 10.8. The van der Waals surface area contributed by atoms with Crippen LogP contribution in [-0.4, -0.2) is 45.1 Å². The Morgan fingerprint density at radius 1 is 1.18 bits per heavy atom. The normalized spacial score (nSPS) is 13.0. The molecule has 0 amide bonds. The van der Waals surface area contributed by atoms with Crippen molar-refractivity contribution < 1.29 is 4.74 Å². The SMILES string of the molecule is CN=C(NCCCCCOC)NCC(C)Sc1ccccc1. The van der Waals surface area contributed by atoms with E-state index in [1.165, 1.54) is 11.3 Å². The molecule has 124 valence electrons. The fraction of sp³-hybridized carbons (Fsp3) is 0.588. The van der Waals surface area contributed by atoms with Crippen molar-refractivity contribution in [2.24, 2.45) is 4.99 Å². The lowest BCUT2D eigenvalue weighted by Crippen LogP contribution is -2.40. The average Bonchev–Trinajstić information content (AvgIpc) is 2.54. The van der Waals surface area contributed by atoms with Gasteiger partial charge in [0, 0.05) is 44.0 Å². The minimum Gasteiger partial charge on any atom is -0.385 e. The van der Waals surface area contributed by atoms with Gasteiger partial charge < -0.3 is 15.4 Å². The van der Waals surface area contributed by atoms with Crippen molar-refractivity contribution >= 4 is 17.7 Å². The van der Waals surface area contributed by atoms with Crippen molar-refractivity contribution in [3.63, 3.8) is 0 Å². The van der Waals surface area contributed by atoms with E-state index in [2.05, 4.69) is 46.8 Å². The third kappa shape index (κ3) is 8.95. The molecule has 0 spiro atoms. The quantitative estimate of drug-likeness (QED) is 0.300. The van der Waals surface area contributed by atoms with Gasteiger partial charge in [-0.2, -0.15) is 0 Å². The fourth-order valence-electron chi connectivity index (χ4n) is 1.99. The van der Waals surface area contributed by atoms with E-state index in [-0.39, 0.29) is 0 Å². The van der Waals surface area contributed by atoms with E-state index in [4.69, 9.17) is 4.74 Å². The maximum Gasteiger partial charge on any atom is 0.191 e. The first-order valence-corrected chi connectivity index (χ1v) is 8.79. The number of thioether (sulfide) groups is 1. The van der Waals surface area contributed by atoms with Crippen molar-refractivity contribution in [2.75, 3.05) is 33.9 Å². The van der Waals surface area contributed by atoms with Crippen molar-refractivity contribution in [2.45, 2.75) is 36.3 Å². The Labute approximate surface area is 139 Å². The second kappa shape index (κ2) is 12.4. The lowest BCUT2D eigenvalue weighted by Gasteiger charge is -2.16. The Morgan fingerprint density at radius 2 is 1.95 bits per heavy atom. The van der Waals surface area contributed by atoms with Crippen LogP contribution in [0, 0.1) is 0 Å². The molecule has 0 aliphatic heterocycles. The van der Waals surface area contributed by atoms with Crippen LogP contribution in [0.2, 0.25) is 0 Å². The molecule has 5 heteroatoms. The van der Waals surface area contributed by atoms with E-state index in [9.17, 15) is 0 Å². The summed E-state index contributed by atoms with van der Waals surface area (Å²) in [6.07, 6.45) is 3.44. The van der Waals surface area contributed by atoms with Crippen LogP contribution in [0.3, 0.4) is 0 Å². The van der Waals surface area contributed by atoms with Gasteiger partial charge in [0.25, 0.3) is 0 Å². The Kier molecular flexibility index (Phi) is 10.6. The van der Waals surface area contributed by atoms with Crippen molar-refractivity contribution in [1.82, 2.24) is 10.6 Å². The van der Waals surface area contributed by atoms with E-state index in [0.717, 1.165) is 38.5 Å². The smallest absolute Gasteiger partial charge is 0.191 e. The van der Waals surface area contributed by atoms with Crippen LogP contribution in [0.5, 0.6) is 0 Å². The van der Waals surface area contributed by atoms with Gasteiger partial charge in [-0.3, -0.25) is 4.99 Å². The summed E-state index contributed by atoms with van der Waals surface area (Å²) in [4.78, 5) is 5.57. The maximum atomic E-state index is 5.05. The van der Waals surface area contributed by atoms with E-state index in [1.807, 2.05) is 24.9 Å². The molecule has 2 N–H and O–H groups in total. The predicted molar refractivity (Wildman–Crippen MR) is 96.9 cm³/mol. The molecule has 0 aromatic heterocycles. The van der Waals surface area contributed by atoms with Gasteiger partial charge in [-0.25, -0.2) is 0 Å². The molecule has 0 radical (unpaired) electrons. The lowest BCUT2D eigenvalue weighted by molar-refractivity contribution is 0.192. The highest BCUT2D eigenvalue weighted by atomic mass is 32.2. The number of ether oxygens (including phenoxy) is 1. The summed E-state index contributed by atoms with van der Waals surface area (Å²) in [7, 11) is 3.56. The Bertz CT molecular complexity index is 412. The molecule has 0 saturated heterocycles. The molecule has 1 atom stereocenters. The Morgan fingerprint density at radius 3 is 2.64 bits per heavy atom.